The Bertz CT molecular complexity index is 1050. The molecule has 0 radical (unpaired) electrons. The molecule has 0 unspecified atom stereocenters. The maximum atomic E-state index is 10.9. The second-order valence-corrected chi connectivity index (χ2v) is 7.89. The van der Waals surface area contributed by atoms with E-state index in [1.54, 1.807) is 19.2 Å². The van der Waals surface area contributed by atoms with Crippen LogP contribution in [0.25, 0.3) is 6.08 Å². The van der Waals surface area contributed by atoms with Crippen molar-refractivity contribution < 1.29 is 19.2 Å². The zero-order valence-electron chi connectivity index (χ0n) is 23.7. The van der Waals surface area contributed by atoms with E-state index in [1.807, 2.05) is 75.6 Å². The highest BCUT2D eigenvalue weighted by Crippen LogP contribution is 2.13. The first kappa shape index (κ1) is 40.0. The molecule has 0 heterocycles. The van der Waals surface area contributed by atoms with Crippen molar-refractivity contribution >= 4 is 55.6 Å². The first-order valence-electron chi connectivity index (χ1n) is 11.7. The number of primary amides is 1. The number of halogens is 1. The number of hydrogen-bond donors (Lipinski definition) is 5. The minimum atomic E-state index is -0.696. The average Bonchev–Trinajstić information content (AvgIpc) is 2.96. The number of amides is 3. The fraction of sp³-hybridized carbons (Fsp3) is 0.207. The van der Waals surface area contributed by atoms with E-state index in [9.17, 15) is 9.59 Å². The summed E-state index contributed by atoms with van der Waals surface area (Å²) < 4.78 is 0. The van der Waals surface area contributed by atoms with Crippen LogP contribution in [-0.2, 0) is 25.7 Å². The molecule has 218 valence electrons. The van der Waals surface area contributed by atoms with Gasteiger partial charge in [0.15, 0.2) is 0 Å². The summed E-state index contributed by atoms with van der Waals surface area (Å²) in [6, 6.07) is 15.2. The smallest absolute Gasteiger partial charge is 0.265 e. The van der Waals surface area contributed by atoms with Gasteiger partial charge in [0.05, 0.1) is 5.69 Å². The molecule has 0 fully saturated rings. The van der Waals surface area contributed by atoms with Gasteiger partial charge in [0.25, 0.3) is 5.91 Å². The minimum absolute atomic E-state index is 0.0330. The summed E-state index contributed by atoms with van der Waals surface area (Å²) in [6.45, 7) is 10.4. The molecule has 0 aliphatic rings. The molecule has 0 aliphatic carbocycles. The van der Waals surface area contributed by atoms with E-state index in [-0.39, 0.29) is 5.70 Å². The zero-order chi connectivity index (χ0) is 31.2. The number of carbonyl (C=O) groups is 4. The normalized spacial score (nSPS) is 9.20. The van der Waals surface area contributed by atoms with E-state index in [1.165, 1.54) is 17.2 Å². The summed E-state index contributed by atoms with van der Waals surface area (Å²) in [5.41, 5.74) is 9.31. The van der Waals surface area contributed by atoms with Gasteiger partial charge in [-0.1, -0.05) is 53.6 Å². The molecular formula is C29H41ClN6O4. The highest BCUT2D eigenvalue weighted by Gasteiger charge is 2.00. The summed E-state index contributed by atoms with van der Waals surface area (Å²) in [4.78, 5) is 42.0. The molecule has 0 bridgehead atoms. The van der Waals surface area contributed by atoms with Gasteiger partial charge >= 0.3 is 0 Å². The number of nitrogens with zero attached hydrogens (tertiary/aromatic N) is 1. The number of aliphatic imine (C=N–C) groups is 1. The first-order chi connectivity index (χ1) is 19.2. The largest absolute Gasteiger partial charge is 0.387 e. The molecule has 10 nitrogen and oxygen atoms in total. The minimum Gasteiger partial charge on any atom is -0.387 e. The van der Waals surface area contributed by atoms with E-state index in [0.717, 1.165) is 22.8 Å². The maximum absolute atomic E-state index is 10.9. The topological polar surface area (TPSA) is 155 Å². The van der Waals surface area contributed by atoms with Crippen LogP contribution in [0.5, 0.6) is 0 Å². The number of allylic oxidation sites excluding steroid dienone is 3. The third kappa shape index (κ3) is 25.1. The SMILES string of the molecule is C=Nc1ccc(/C=C\C=C(/NC=O)C(N)=O)cc1.C=O.CC(C)=CNCc1ccc(Cl)cc1.CNC.CNC=O. The van der Waals surface area contributed by atoms with Crippen LogP contribution in [0.4, 0.5) is 5.69 Å². The van der Waals surface area contributed by atoms with Gasteiger partial charge in [0, 0.05) is 18.6 Å². The quantitative estimate of drug-likeness (QED) is 0.127. The lowest BCUT2D eigenvalue weighted by atomic mass is 10.2. The van der Waals surface area contributed by atoms with Crippen LogP contribution in [0, 0.1) is 0 Å². The van der Waals surface area contributed by atoms with Gasteiger partial charge in [-0.3, -0.25) is 19.4 Å². The molecule has 11 heteroatoms. The number of benzene rings is 2. The predicted molar refractivity (Wildman–Crippen MR) is 166 cm³/mol. The third-order valence-corrected chi connectivity index (χ3v) is 4.09. The van der Waals surface area contributed by atoms with Gasteiger partial charge in [0.1, 0.15) is 12.5 Å². The Hall–Kier alpha value is -4.54. The van der Waals surface area contributed by atoms with Crippen molar-refractivity contribution in [3.63, 3.8) is 0 Å². The molecule has 0 aromatic heterocycles. The predicted octanol–water partition coefficient (Wildman–Crippen LogP) is 3.51. The molecule has 0 aliphatic heterocycles. The average molecular weight is 573 g/mol. The summed E-state index contributed by atoms with van der Waals surface area (Å²) in [6.07, 6.45) is 7.84. The van der Waals surface area contributed by atoms with Crippen LogP contribution in [0.3, 0.4) is 0 Å². The second-order valence-electron chi connectivity index (χ2n) is 7.45. The van der Waals surface area contributed by atoms with E-state index in [2.05, 4.69) is 46.8 Å². The molecule has 0 saturated carbocycles. The Morgan fingerprint density at radius 3 is 1.90 bits per heavy atom. The van der Waals surface area contributed by atoms with Gasteiger partial charge in [-0.25, -0.2) is 0 Å². The van der Waals surface area contributed by atoms with Crippen LogP contribution in [0.2, 0.25) is 5.02 Å². The Balaban J connectivity index is -0.000000541. The Morgan fingerprint density at radius 2 is 1.50 bits per heavy atom. The molecule has 6 N–H and O–H groups in total. The Morgan fingerprint density at radius 1 is 0.975 bits per heavy atom. The van der Waals surface area contributed by atoms with Crippen molar-refractivity contribution in [1.82, 2.24) is 21.3 Å². The number of nitrogens with one attached hydrogen (secondary N) is 4. The van der Waals surface area contributed by atoms with E-state index in [0.29, 0.717) is 12.8 Å². The number of nitrogens with two attached hydrogens (primary N) is 1. The monoisotopic (exact) mass is 572 g/mol. The van der Waals surface area contributed by atoms with Crippen molar-refractivity contribution in [1.29, 1.82) is 0 Å². The summed E-state index contributed by atoms with van der Waals surface area (Å²) in [7, 11) is 5.31. The fourth-order valence-corrected chi connectivity index (χ4v) is 2.31. The maximum Gasteiger partial charge on any atom is 0.265 e. The molecule has 0 spiro atoms. The van der Waals surface area contributed by atoms with Crippen molar-refractivity contribution in [2.75, 3.05) is 21.1 Å². The lowest BCUT2D eigenvalue weighted by molar-refractivity contribution is -0.117. The lowest BCUT2D eigenvalue weighted by Gasteiger charge is -2.01. The van der Waals surface area contributed by atoms with Crippen molar-refractivity contribution in [3.05, 3.63) is 94.3 Å². The molecule has 0 atom stereocenters. The van der Waals surface area contributed by atoms with Crippen LogP contribution in [0.15, 0.2) is 83.1 Å². The van der Waals surface area contributed by atoms with Gasteiger partial charge in [-0.15, -0.1) is 0 Å². The van der Waals surface area contributed by atoms with E-state index >= 15 is 0 Å². The molecule has 2 aromatic carbocycles. The van der Waals surface area contributed by atoms with Crippen LogP contribution >= 0.6 is 11.6 Å². The third-order valence-electron chi connectivity index (χ3n) is 3.84. The van der Waals surface area contributed by atoms with Crippen LogP contribution in [0.1, 0.15) is 25.0 Å². The second kappa shape index (κ2) is 29.0. The highest BCUT2D eigenvalue weighted by molar-refractivity contribution is 6.30. The highest BCUT2D eigenvalue weighted by atomic mass is 35.5. The standard InChI is InChI=1S/C13H13N3O2.C11H14ClN.C2H5NO.C2H7N.CH2O/c1-15-11-7-5-10(6-8-11)3-2-4-12(13(14)18)16-9-17;1-9(2)7-13-8-10-3-5-11(12)6-4-10;1-3-2-4;1-3-2;1-2/h2-9H,1H2,(H2,14,18)(H,16,17);3-7,13H,8H2,1-2H3;2H,1H3,(H,3,4);3H,1-2H3;1H2/b3-2-,12-4-;;;;. The van der Waals surface area contributed by atoms with Crippen LogP contribution in [-0.4, -0.2) is 53.4 Å². The molecule has 3 amide bonds. The number of hydrogen-bond acceptors (Lipinski definition) is 7. The van der Waals surface area contributed by atoms with Gasteiger partial charge < -0.3 is 31.8 Å². The zero-order valence-corrected chi connectivity index (χ0v) is 24.5. The molecule has 2 aromatic rings. The van der Waals surface area contributed by atoms with Gasteiger partial charge in [-0.2, -0.15) is 0 Å². The molecule has 0 saturated heterocycles. The first-order valence-corrected chi connectivity index (χ1v) is 12.1. The fourth-order valence-electron chi connectivity index (χ4n) is 2.19. The van der Waals surface area contributed by atoms with Gasteiger partial charge in [-0.05, 0) is 82.3 Å². The molecule has 2 rings (SSSR count). The summed E-state index contributed by atoms with van der Waals surface area (Å²) >= 11 is 5.76. The Kier molecular flexibility index (Phi) is 29.0. The summed E-state index contributed by atoms with van der Waals surface area (Å²) in [5.74, 6) is -0.696. The van der Waals surface area contributed by atoms with Crippen LogP contribution < -0.4 is 27.0 Å². The van der Waals surface area contributed by atoms with E-state index in [4.69, 9.17) is 26.9 Å². The van der Waals surface area contributed by atoms with Crippen molar-refractivity contribution in [2.24, 2.45) is 10.7 Å². The van der Waals surface area contributed by atoms with Crippen molar-refractivity contribution in [3.8, 4) is 0 Å². The van der Waals surface area contributed by atoms with Gasteiger partial charge in [0.2, 0.25) is 12.8 Å². The molecular weight excluding hydrogens is 532 g/mol. The van der Waals surface area contributed by atoms with Crippen molar-refractivity contribution in [2.45, 2.75) is 20.4 Å². The lowest BCUT2D eigenvalue weighted by Crippen LogP contribution is -2.24. The number of rotatable bonds is 10. The summed E-state index contributed by atoms with van der Waals surface area (Å²) in [5, 5.41) is 11.2. The Labute approximate surface area is 242 Å². The molecule has 40 heavy (non-hydrogen) atoms. The number of carbonyl (C=O) groups excluding carboxylic acids is 4. The van der Waals surface area contributed by atoms with E-state index < -0.39 is 5.91 Å².